The lowest BCUT2D eigenvalue weighted by Gasteiger charge is -2.15. The largest absolute Gasteiger partial charge is 0.320 e. The molecule has 2 aromatic carbocycles. The number of amides is 1. The normalized spacial score (nSPS) is 18.3. The molecule has 0 aliphatic carbocycles. The second-order valence-electron chi connectivity index (χ2n) is 6.51. The minimum Gasteiger partial charge on any atom is -0.320 e. The first-order valence-electron chi connectivity index (χ1n) is 8.65. The molecule has 1 saturated heterocycles. The van der Waals surface area contributed by atoms with Crippen molar-refractivity contribution in [3.8, 4) is 0 Å². The number of anilines is 1. The van der Waals surface area contributed by atoms with Gasteiger partial charge in [-0.25, -0.2) is 13.4 Å². The van der Waals surface area contributed by atoms with Gasteiger partial charge in [-0.1, -0.05) is 0 Å². The zero-order valence-corrected chi connectivity index (χ0v) is 15.5. The number of nitrogens with one attached hydrogen (secondary N) is 1. The molecular formula is C18H16N4O5S. The lowest BCUT2D eigenvalue weighted by atomic mass is 10.1. The van der Waals surface area contributed by atoms with Crippen molar-refractivity contribution >= 4 is 38.7 Å². The number of rotatable bonds is 4. The van der Waals surface area contributed by atoms with Gasteiger partial charge >= 0.3 is 0 Å². The summed E-state index contributed by atoms with van der Waals surface area (Å²) in [6.45, 7) is 1.03. The van der Waals surface area contributed by atoms with Crippen molar-refractivity contribution < 1.29 is 18.1 Å². The van der Waals surface area contributed by atoms with Gasteiger partial charge in [0.15, 0.2) is 0 Å². The third kappa shape index (κ3) is 3.16. The number of nitro groups is 1. The number of hydrogen-bond donors (Lipinski definition) is 1. The predicted octanol–water partition coefficient (Wildman–Crippen LogP) is 2.45. The highest BCUT2D eigenvalue weighted by atomic mass is 32.2. The van der Waals surface area contributed by atoms with Crippen LogP contribution in [0.5, 0.6) is 0 Å². The molecule has 9 nitrogen and oxygen atoms in total. The van der Waals surface area contributed by atoms with Gasteiger partial charge in [0.1, 0.15) is 5.71 Å². The summed E-state index contributed by atoms with van der Waals surface area (Å²) in [6, 6.07) is 9.98. The van der Waals surface area contributed by atoms with E-state index in [9.17, 15) is 23.3 Å². The SMILES string of the molecule is O=C1Nc2ccc([N+](=O)[O-])cc2C1=Nc1ccc(S(=O)(=O)N2CCCC2)cc1. The van der Waals surface area contributed by atoms with Gasteiger partial charge in [-0.15, -0.1) is 0 Å². The molecule has 2 aliphatic rings. The van der Waals surface area contributed by atoms with E-state index < -0.39 is 20.9 Å². The number of benzene rings is 2. The van der Waals surface area contributed by atoms with Crippen LogP contribution < -0.4 is 5.32 Å². The van der Waals surface area contributed by atoms with Crippen LogP contribution in [0.15, 0.2) is 52.4 Å². The molecule has 0 aromatic heterocycles. The van der Waals surface area contributed by atoms with Gasteiger partial charge < -0.3 is 5.32 Å². The number of hydrogen-bond acceptors (Lipinski definition) is 6. The summed E-state index contributed by atoms with van der Waals surface area (Å²) < 4.78 is 26.6. The topological polar surface area (TPSA) is 122 Å². The lowest BCUT2D eigenvalue weighted by Crippen LogP contribution is -2.27. The number of non-ortho nitro benzene ring substituents is 1. The smallest absolute Gasteiger partial charge is 0.275 e. The third-order valence-electron chi connectivity index (χ3n) is 4.71. The van der Waals surface area contributed by atoms with E-state index in [0.717, 1.165) is 12.8 Å². The Labute approximate surface area is 160 Å². The van der Waals surface area contributed by atoms with E-state index in [1.54, 1.807) is 0 Å². The van der Waals surface area contributed by atoms with Gasteiger partial charge in [0.2, 0.25) is 10.0 Å². The molecule has 0 radical (unpaired) electrons. The van der Waals surface area contributed by atoms with Crippen LogP contribution in [-0.4, -0.2) is 42.4 Å². The molecule has 0 saturated carbocycles. The number of nitrogens with zero attached hydrogens (tertiary/aromatic N) is 3. The second kappa shape index (κ2) is 6.80. The molecule has 1 amide bonds. The Morgan fingerprint density at radius 1 is 1.07 bits per heavy atom. The van der Waals surface area contributed by atoms with Crippen molar-refractivity contribution in [2.45, 2.75) is 17.7 Å². The van der Waals surface area contributed by atoms with Crippen LogP contribution in [0.2, 0.25) is 0 Å². The number of sulfonamides is 1. The number of carbonyl (C=O) groups excluding carboxylic acids is 1. The Bertz CT molecular complexity index is 1100. The Balaban J connectivity index is 1.66. The Morgan fingerprint density at radius 2 is 1.75 bits per heavy atom. The maximum Gasteiger partial charge on any atom is 0.275 e. The van der Waals surface area contributed by atoms with Crippen LogP contribution in [-0.2, 0) is 14.8 Å². The van der Waals surface area contributed by atoms with Crippen LogP contribution in [0.4, 0.5) is 17.1 Å². The predicted molar refractivity (Wildman–Crippen MR) is 102 cm³/mol. The molecule has 2 aromatic rings. The van der Waals surface area contributed by atoms with E-state index in [4.69, 9.17) is 0 Å². The first kappa shape index (κ1) is 18.3. The van der Waals surface area contributed by atoms with Gasteiger partial charge in [-0.05, 0) is 43.2 Å². The fourth-order valence-electron chi connectivity index (χ4n) is 3.26. The van der Waals surface area contributed by atoms with E-state index in [1.165, 1.54) is 46.8 Å². The summed E-state index contributed by atoms with van der Waals surface area (Å²) in [5.74, 6) is -0.468. The van der Waals surface area contributed by atoms with Crippen LogP contribution in [0.25, 0.3) is 0 Å². The van der Waals surface area contributed by atoms with E-state index in [1.807, 2.05) is 0 Å². The van der Waals surface area contributed by atoms with Crippen molar-refractivity contribution in [3.63, 3.8) is 0 Å². The standard InChI is InChI=1S/C18H16N4O5S/c23-18-17(15-11-13(22(24)25)5-8-16(15)20-18)19-12-3-6-14(7-4-12)28(26,27)21-9-1-2-10-21/h3-8,11H,1-2,9-10H2,(H,19,20,23). The van der Waals surface area contributed by atoms with Crippen molar-refractivity contribution in [1.82, 2.24) is 4.31 Å². The number of aliphatic imine (C=N–C) groups is 1. The Hall–Kier alpha value is -3.11. The third-order valence-corrected chi connectivity index (χ3v) is 6.63. The fraction of sp³-hybridized carbons (Fsp3) is 0.222. The average Bonchev–Trinajstić information content (AvgIpc) is 3.31. The van der Waals surface area contributed by atoms with Crippen LogP contribution in [0, 0.1) is 10.1 Å². The van der Waals surface area contributed by atoms with Gasteiger partial charge in [-0.3, -0.25) is 14.9 Å². The van der Waals surface area contributed by atoms with Gasteiger partial charge in [0.05, 0.1) is 21.2 Å². The maximum absolute atomic E-state index is 12.6. The van der Waals surface area contributed by atoms with Crippen molar-refractivity contribution in [3.05, 3.63) is 58.1 Å². The average molecular weight is 400 g/mol. The molecule has 2 aliphatic heterocycles. The zero-order chi connectivity index (χ0) is 19.9. The minimum atomic E-state index is -3.53. The molecule has 10 heteroatoms. The molecular weight excluding hydrogens is 384 g/mol. The fourth-order valence-corrected chi connectivity index (χ4v) is 4.78. The van der Waals surface area contributed by atoms with Crippen molar-refractivity contribution in [1.29, 1.82) is 0 Å². The highest BCUT2D eigenvalue weighted by Crippen LogP contribution is 2.30. The van der Waals surface area contributed by atoms with Crippen LogP contribution in [0.3, 0.4) is 0 Å². The van der Waals surface area contributed by atoms with E-state index in [-0.39, 0.29) is 16.3 Å². The molecule has 0 bridgehead atoms. The Kier molecular flexibility index (Phi) is 4.44. The van der Waals surface area contributed by atoms with Crippen molar-refractivity contribution in [2.75, 3.05) is 18.4 Å². The van der Waals surface area contributed by atoms with E-state index in [2.05, 4.69) is 10.3 Å². The number of nitro benzene ring substituents is 1. The summed E-state index contributed by atoms with van der Waals surface area (Å²) >= 11 is 0. The first-order valence-corrected chi connectivity index (χ1v) is 10.1. The second-order valence-corrected chi connectivity index (χ2v) is 8.44. The molecule has 1 N–H and O–H groups in total. The van der Waals surface area contributed by atoms with E-state index in [0.29, 0.717) is 30.0 Å². The lowest BCUT2D eigenvalue weighted by molar-refractivity contribution is -0.384. The minimum absolute atomic E-state index is 0.0499. The summed E-state index contributed by atoms with van der Waals surface area (Å²) in [5, 5.41) is 13.6. The van der Waals surface area contributed by atoms with E-state index >= 15 is 0 Å². The first-order chi connectivity index (χ1) is 13.4. The zero-order valence-electron chi connectivity index (χ0n) is 14.7. The molecule has 2 heterocycles. The monoisotopic (exact) mass is 400 g/mol. The van der Waals surface area contributed by atoms with Gasteiger partial charge in [-0.2, -0.15) is 4.31 Å². The summed E-state index contributed by atoms with van der Waals surface area (Å²) in [4.78, 5) is 27.1. The highest BCUT2D eigenvalue weighted by Gasteiger charge is 2.29. The molecule has 0 spiro atoms. The van der Waals surface area contributed by atoms with Crippen LogP contribution >= 0.6 is 0 Å². The summed E-state index contributed by atoms with van der Waals surface area (Å²) in [5.41, 5.74) is 1.07. The summed E-state index contributed by atoms with van der Waals surface area (Å²) in [6.07, 6.45) is 1.71. The number of fused-ring (bicyclic) bond motifs is 1. The maximum atomic E-state index is 12.6. The van der Waals surface area contributed by atoms with Crippen LogP contribution in [0.1, 0.15) is 18.4 Å². The Morgan fingerprint density at radius 3 is 2.39 bits per heavy atom. The molecule has 144 valence electrons. The number of carbonyl (C=O) groups is 1. The quantitative estimate of drug-likeness (QED) is 0.624. The van der Waals surface area contributed by atoms with Crippen molar-refractivity contribution in [2.24, 2.45) is 4.99 Å². The molecule has 28 heavy (non-hydrogen) atoms. The molecule has 0 atom stereocenters. The molecule has 1 fully saturated rings. The van der Waals surface area contributed by atoms with Gasteiger partial charge in [0.25, 0.3) is 11.6 Å². The summed E-state index contributed by atoms with van der Waals surface area (Å²) in [7, 11) is -3.53. The molecule has 4 rings (SSSR count). The molecule has 0 unspecified atom stereocenters. The highest BCUT2D eigenvalue weighted by molar-refractivity contribution is 7.89. The van der Waals surface area contributed by atoms with Gasteiger partial charge in [0, 0.05) is 30.8 Å².